The van der Waals surface area contributed by atoms with Crippen molar-refractivity contribution in [3.63, 3.8) is 0 Å². The molecule has 2 N–H and O–H groups in total. The van der Waals surface area contributed by atoms with Crippen LogP contribution in [-0.2, 0) is 6.42 Å². The van der Waals surface area contributed by atoms with E-state index in [2.05, 4.69) is 33.9 Å². The van der Waals surface area contributed by atoms with Crippen LogP contribution >= 0.6 is 0 Å². The molecule has 2 fully saturated rings. The molecule has 49 heavy (non-hydrogen) atoms. The van der Waals surface area contributed by atoms with Crippen LogP contribution in [0.25, 0.3) is 0 Å². The molecule has 0 radical (unpaired) electrons. The highest BCUT2D eigenvalue weighted by atomic mass is 16.3. The Morgan fingerprint density at radius 1 is 0.653 bits per heavy atom. The van der Waals surface area contributed by atoms with Crippen LogP contribution in [0.1, 0.15) is 211 Å². The van der Waals surface area contributed by atoms with Crippen molar-refractivity contribution in [3.8, 4) is 5.75 Å². The number of hydrogen-bond donors (Lipinski definition) is 2. The number of aryl methyl sites for hydroxylation is 1. The summed E-state index contributed by atoms with van der Waals surface area (Å²) in [6.45, 7) is 11.0. The standard InChI is InChI=1S/C46H81NO2/c1-5-7-9-11-13-15-17-19-21-23-35-47(4,36-24-22-20-18-16-14-12-10-8-6-2)37-25-32-46(49)34-31-44-43-28-26-39-38-40(48)27-29-41(39)42(43)30-33-45(44,46)3/h27,29,38,42-44,49H,5-26,28,30-37H2,1-4H3/p+1/t42-,43-,44+,45+,46+/m1/s1. The molecule has 0 unspecified atom stereocenters. The molecule has 3 aliphatic rings. The monoisotopic (exact) mass is 681 g/mol. The maximum absolute atomic E-state index is 12.5. The third-order valence-corrected chi connectivity index (χ3v) is 14.4. The van der Waals surface area contributed by atoms with Gasteiger partial charge in [-0.2, -0.15) is 0 Å². The summed E-state index contributed by atoms with van der Waals surface area (Å²) in [5.74, 6) is 2.36. The molecular weight excluding hydrogens is 599 g/mol. The lowest BCUT2D eigenvalue weighted by Crippen LogP contribution is -2.52. The number of phenolic OH excluding ortho intramolecular Hbond substituents is 1. The lowest BCUT2D eigenvalue weighted by Gasteiger charge is -2.53. The largest absolute Gasteiger partial charge is 0.508 e. The molecular formula is C46H82NO2+. The van der Waals surface area contributed by atoms with Crippen LogP contribution in [0, 0.1) is 17.3 Å². The van der Waals surface area contributed by atoms with Crippen molar-refractivity contribution in [2.45, 2.75) is 212 Å². The molecule has 3 nitrogen and oxygen atoms in total. The predicted octanol–water partition coefficient (Wildman–Crippen LogP) is 13.0. The van der Waals surface area contributed by atoms with E-state index in [0.29, 0.717) is 23.5 Å². The molecule has 3 heteroatoms. The summed E-state index contributed by atoms with van der Waals surface area (Å²) in [6, 6.07) is 6.14. The Balaban J connectivity index is 1.24. The van der Waals surface area contributed by atoms with Gasteiger partial charge < -0.3 is 14.7 Å². The van der Waals surface area contributed by atoms with E-state index < -0.39 is 5.60 Å². The Morgan fingerprint density at radius 2 is 1.16 bits per heavy atom. The summed E-state index contributed by atoms with van der Waals surface area (Å²) in [7, 11) is 2.56. The van der Waals surface area contributed by atoms with Gasteiger partial charge in [0.05, 0.1) is 32.3 Å². The fourth-order valence-corrected chi connectivity index (χ4v) is 11.1. The van der Waals surface area contributed by atoms with Gasteiger partial charge >= 0.3 is 0 Å². The first kappa shape index (κ1) is 40.7. The highest BCUT2D eigenvalue weighted by molar-refractivity contribution is 5.40. The van der Waals surface area contributed by atoms with Crippen molar-refractivity contribution < 1.29 is 14.7 Å². The number of rotatable bonds is 26. The minimum Gasteiger partial charge on any atom is -0.508 e. The Bertz CT molecular complexity index is 1030. The first-order chi connectivity index (χ1) is 23.8. The van der Waals surface area contributed by atoms with Gasteiger partial charge in [-0.05, 0) is 123 Å². The molecule has 3 aliphatic carbocycles. The Labute approximate surface area is 305 Å². The highest BCUT2D eigenvalue weighted by Gasteiger charge is 2.61. The van der Waals surface area contributed by atoms with Gasteiger partial charge in [0.1, 0.15) is 5.75 Å². The number of benzene rings is 1. The molecule has 2 saturated carbocycles. The van der Waals surface area contributed by atoms with Gasteiger partial charge in [0, 0.05) is 0 Å². The molecule has 0 saturated heterocycles. The topological polar surface area (TPSA) is 40.5 Å². The Kier molecular flexibility index (Phi) is 17.3. The highest BCUT2D eigenvalue weighted by Crippen LogP contribution is 2.65. The van der Waals surface area contributed by atoms with Crippen molar-refractivity contribution >= 4 is 0 Å². The van der Waals surface area contributed by atoms with Gasteiger partial charge in [0.2, 0.25) is 0 Å². The van der Waals surface area contributed by atoms with Crippen LogP contribution in [0.15, 0.2) is 18.2 Å². The number of aromatic hydroxyl groups is 1. The number of phenols is 1. The average molecular weight is 681 g/mol. The van der Waals surface area contributed by atoms with Gasteiger partial charge in [-0.1, -0.05) is 130 Å². The number of hydrogen-bond acceptors (Lipinski definition) is 2. The zero-order chi connectivity index (χ0) is 35.0. The van der Waals surface area contributed by atoms with Crippen LogP contribution in [0.2, 0.25) is 0 Å². The van der Waals surface area contributed by atoms with Crippen LogP contribution in [0.3, 0.4) is 0 Å². The number of fused-ring (bicyclic) bond motifs is 5. The van der Waals surface area contributed by atoms with E-state index >= 15 is 0 Å². The molecule has 0 spiro atoms. The van der Waals surface area contributed by atoms with E-state index in [4.69, 9.17) is 0 Å². The SMILES string of the molecule is CCCCCCCCCCCC[N+](C)(CCCCCCCCCCCC)CCC[C@]1(O)CC[C@H]2[C@@H]3CCc4cc(O)ccc4[C@H]3CC[C@@]21C. The van der Waals surface area contributed by atoms with Crippen molar-refractivity contribution in [2.75, 3.05) is 26.7 Å². The molecule has 0 amide bonds. The maximum atomic E-state index is 12.5. The molecule has 0 bridgehead atoms. The number of quaternary nitrogens is 1. The molecule has 282 valence electrons. The second-order valence-electron chi connectivity index (χ2n) is 18.1. The summed E-state index contributed by atoms with van der Waals surface area (Å²) >= 11 is 0. The molecule has 1 aromatic carbocycles. The average Bonchev–Trinajstić information content (AvgIpc) is 3.36. The second kappa shape index (κ2) is 20.8. The summed E-state index contributed by atoms with van der Waals surface area (Å²) in [4.78, 5) is 0. The van der Waals surface area contributed by atoms with E-state index in [9.17, 15) is 10.2 Å². The third kappa shape index (κ3) is 11.7. The summed E-state index contributed by atoms with van der Waals surface area (Å²) in [5, 5.41) is 22.5. The van der Waals surface area contributed by atoms with E-state index in [1.165, 1.54) is 189 Å². The minimum atomic E-state index is -0.503. The zero-order valence-corrected chi connectivity index (χ0v) is 33.2. The number of nitrogens with zero attached hydrogens (tertiary/aromatic N) is 1. The van der Waals surface area contributed by atoms with Crippen molar-refractivity contribution in [1.29, 1.82) is 0 Å². The molecule has 0 aliphatic heterocycles. The van der Waals surface area contributed by atoms with E-state index in [-0.39, 0.29) is 5.41 Å². The summed E-state index contributed by atoms with van der Waals surface area (Å²) in [6.07, 6.45) is 37.3. The Morgan fingerprint density at radius 3 is 1.71 bits per heavy atom. The first-order valence-electron chi connectivity index (χ1n) is 22.1. The van der Waals surface area contributed by atoms with Gasteiger partial charge in [-0.15, -0.1) is 0 Å². The predicted molar refractivity (Wildman–Crippen MR) is 211 cm³/mol. The summed E-state index contributed by atoms with van der Waals surface area (Å²) in [5.41, 5.74) is 2.43. The maximum Gasteiger partial charge on any atom is 0.115 e. The molecule has 0 aromatic heterocycles. The lowest BCUT2D eigenvalue weighted by molar-refractivity contribution is -0.910. The fraction of sp³-hybridized carbons (Fsp3) is 0.870. The molecule has 5 atom stereocenters. The second-order valence-corrected chi connectivity index (χ2v) is 18.1. The molecule has 1 aromatic rings. The van der Waals surface area contributed by atoms with Crippen molar-refractivity contribution in [3.05, 3.63) is 29.3 Å². The summed E-state index contributed by atoms with van der Waals surface area (Å²) < 4.78 is 1.22. The van der Waals surface area contributed by atoms with Crippen LogP contribution in [-0.4, -0.2) is 47.0 Å². The van der Waals surface area contributed by atoms with Crippen molar-refractivity contribution in [1.82, 2.24) is 0 Å². The number of aliphatic hydroxyl groups is 1. The third-order valence-electron chi connectivity index (χ3n) is 14.4. The molecule has 4 rings (SSSR count). The molecule has 0 heterocycles. The fourth-order valence-electron chi connectivity index (χ4n) is 11.1. The first-order valence-corrected chi connectivity index (χ1v) is 22.1. The van der Waals surface area contributed by atoms with E-state index in [0.717, 1.165) is 25.7 Å². The van der Waals surface area contributed by atoms with Gasteiger partial charge in [0.25, 0.3) is 0 Å². The van der Waals surface area contributed by atoms with Crippen LogP contribution in [0.4, 0.5) is 0 Å². The smallest absolute Gasteiger partial charge is 0.115 e. The van der Waals surface area contributed by atoms with Gasteiger partial charge in [-0.25, -0.2) is 0 Å². The quantitative estimate of drug-likeness (QED) is 0.0755. The van der Waals surface area contributed by atoms with Crippen LogP contribution in [0.5, 0.6) is 5.75 Å². The zero-order valence-electron chi connectivity index (χ0n) is 33.2. The minimum absolute atomic E-state index is 0.0546. The lowest BCUT2D eigenvalue weighted by atomic mass is 9.53. The van der Waals surface area contributed by atoms with E-state index in [1.54, 1.807) is 0 Å². The van der Waals surface area contributed by atoms with E-state index in [1.807, 2.05) is 12.1 Å². The normalized spacial score (nSPS) is 26.4. The van der Waals surface area contributed by atoms with Crippen LogP contribution < -0.4 is 0 Å². The van der Waals surface area contributed by atoms with Crippen molar-refractivity contribution in [2.24, 2.45) is 17.3 Å². The number of unbranched alkanes of at least 4 members (excludes halogenated alkanes) is 18. The van der Waals surface area contributed by atoms with Gasteiger partial charge in [-0.3, -0.25) is 0 Å². The Hall–Kier alpha value is -1.06. The van der Waals surface area contributed by atoms with Gasteiger partial charge in [0.15, 0.2) is 0 Å².